The van der Waals surface area contributed by atoms with E-state index in [4.69, 9.17) is 4.74 Å². The molecule has 1 amide bonds. The Morgan fingerprint density at radius 3 is 2.26 bits per heavy atom. The Labute approximate surface area is 205 Å². The van der Waals surface area contributed by atoms with Gasteiger partial charge in [0.1, 0.15) is 5.76 Å². The van der Waals surface area contributed by atoms with Gasteiger partial charge in [0.25, 0.3) is 11.7 Å². The van der Waals surface area contributed by atoms with Crippen LogP contribution in [0.1, 0.15) is 41.4 Å². The Morgan fingerprint density at radius 2 is 1.62 bits per heavy atom. The van der Waals surface area contributed by atoms with Crippen LogP contribution in [0.15, 0.2) is 88.9 Å². The molecule has 1 saturated heterocycles. The quantitative estimate of drug-likeness (QED) is 0.204. The SMILES string of the molecule is CC(C)OC(=O)c1cccc(N2C(=O)C(=O)/C(=C(/O)c3ccc(Br)cc3)C2c2ccccc2)c1. The van der Waals surface area contributed by atoms with E-state index >= 15 is 0 Å². The molecule has 34 heavy (non-hydrogen) atoms. The first kappa shape index (κ1) is 23.4. The molecule has 7 heteroatoms. The maximum absolute atomic E-state index is 13.3. The molecule has 1 atom stereocenters. The molecule has 1 aliphatic rings. The Bertz CT molecular complexity index is 1280. The second kappa shape index (κ2) is 9.65. The molecule has 0 saturated carbocycles. The molecular weight excluding hydrogens is 498 g/mol. The zero-order chi connectivity index (χ0) is 24.4. The number of nitrogens with zero attached hydrogens (tertiary/aromatic N) is 1. The lowest BCUT2D eigenvalue weighted by Crippen LogP contribution is -2.29. The summed E-state index contributed by atoms with van der Waals surface area (Å²) in [6.07, 6.45) is -0.305. The highest BCUT2D eigenvalue weighted by Crippen LogP contribution is 2.42. The van der Waals surface area contributed by atoms with Crippen LogP contribution in [0.2, 0.25) is 0 Å². The summed E-state index contributed by atoms with van der Waals surface area (Å²) in [5.74, 6) is -2.39. The summed E-state index contributed by atoms with van der Waals surface area (Å²) in [4.78, 5) is 40.2. The van der Waals surface area contributed by atoms with Crippen LogP contribution >= 0.6 is 15.9 Å². The molecule has 1 fully saturated rings. The van der Waals surface area contributed by atoms with Crippen molar-refractivity contribution in [3.63, 3.8) is 0 Å². The number of ketones is 1. The molecule has 172 valence electrons. The van der Waals surface area contributed by atoms with Crippen LogP contribution in [-0.2, 0) is 14.3 Å². The second-order valence-corrected chi connectivity index (χ2v) is 9.01. The van der Waals surface area contributed by atoms with Crippen molar-refractivity contribution in [2.45, 2.75) is 26.0 Å². The third kappa shape index (κ3) is 4.52. The van der Waals surface area contributed by atoms with Crippen molar-refractivity contribution in [1.29, 1.82) is 0 Å². The minimum atomic E-state index is -0.874. The minimum absolute atomic E-state index is 0.0197. The molecule has 1 aliphatic heterocycles. The highest BCUT2D eigenvalue weighted by molar-refractivity contribution is 9.10. The largest absolute Gasteiger partial charge is 0.507 e. The summed E-state index contributed by atoms with van der Waals surface area (Å²) < 4.78 is 6.09. The Balaban J connectivity index is 1.87. The van der Waals surface area contributed by atoms with Gasteiger partial charge in [0, 0.05) is 15.7 Å². The molecule has 3 aromatic carbocycles. The lowest BCUT2D eigenvalue weighted by molar-refractivity contribution is -0.132. The maximum atomic E-state index is 13.3. The van der Waals surface area contributed by atoms with Crippen LogP contribution in [0.3, 0.4) is 0 Å². The number of amides is 1. The van der Waals surface area contributed by atoms with E-state index in [1.807, 2.05) is 6.07 Å². The number of Topliss-reactive ketones (excluding diaryl/α,β-unsaturated/α-hetero) is 1. The summed E-state index contributed by atoms with van der Waals surface area (Å²) in [6, 6.07) is 21.3. The number of esters is 1. The van der Waals surface area contributed by atoms with Crippen LogP contribution in [0.25, 0.3) is 5.76 Å². The van der Waals surface area contributed by atoms with Crippen LogP contribution in [0.4, 0.5) is 5.69 Å². The van der Waals surface area contributed by atoms with Crippen molar-refractivity contribution >= 4 is 45.0 Å². The van der Waals surface area contributed by atoms with Crippen molar-refractivity contribution < 1.29 is 24.2 Å². The van der Waals surface area contributed by atoms with Gasteiger partial charge in [0.15, 0.2) is 0 Å². The van der Waals surface area contributed by atoms with Crippen LogP contribution < -0.4 is 4.90 Å². The van der Waals surface area contributed by atoms with Crippen molar-refractivity contribution in [1.82, 2.24) is 0 Å². The average Bonchev–Trinajstić information content (AvgIpc) is 3.10. The molecule has 0 aliphatic carbocycles. The molecule has 0 aromatic heterocycles. The summed E-state index contributed by atoms with van der Waals surface area (Å²) in [6.45, 7) is 3.50. The number of hydrogen-bond acceptors (Lipinski definition) is 5. The summed E-state index contributed by atoms with van der Waals surface area (Å²) in [7, 11) is 0. The number of ether oxygens (including phenoxy) is 1. The number of carbonyl (C=O) groups is 3. The number of anilines is 1. The minimum Gasteiger partial charge on any atom is -0.507 e. The molecule has 1 N–H and O–H groups in total. The number of hydrogen-bond donors (Lipinski definition) is 1. The fraction of sp³-hybridized carbons (Fsp3) is 0.148. The molecular formula is C27H22BrNO5. The Morgan fingerprint density at radius 1 is 0.941 bits per heavy atom. The molecule has 0 spiro atoms. The predicted octanol–water partition coefficient (Wildman–Crippen LogP) is 5.64. The lowest BCUT2D eigenvalue weighted by atomic mass is 9.95. The zero-order valence-electron chi connectivity index (χ0n) is 18.6. The van der Waals surface area contributed by atoms with Gasteiger partial charge in [-0.25, -0.2) is 4.79 Å². The first-order chi connectivity index (χ1) is 16.3. The summed E-state index contributed by atoms with van der Waals surface area (Å²) in [5.41, 5.74) is 1.65. The van der Waals surface area contributed by atoms with E-state index in [0.717, 1.165) is 4.47 Å². The molecule has 6 nitrogen and oxygen atoms in total. The number of aliphatic hydroxyl groups excluding tert-OH is 1. The highest BCUT2D eigenvalue weighted by Gasteiger charge is 2.47. The predicted molar refractivity (Wildman–Crippen MR) is 132 cm³/mol. The Hall–Kier alpha value is -3.71. The monoisotopic (exact) mass is 519 g/mol. The van der Waals surface area contributed by atoms with E-state index in [2.05, 4.69) is 15.9 Å². The number of rotatable bonds is 5. The van der Waals surface area contributed by atoms with E-state index in [1.54, 1.807) is 80.6 Å². The van der Waals surface area contributed by atoms with E-state index < -0.39 is 23.7 Å². The van der Waals surface area contributed by atoms with Gasteiger partial charge < -0.3 is 9.84 Å². The zero-order valence-corrected chi connectivity index (χ0v) is 20.2. The topological polar surface area (TPSA) is 83.9 Å². The van der Waals surface area contributed by atoms with Gasteiger partial charge in [0.2, 0.25) is 0 Å². The third-order valence-electron chi connectivity index (χ3n) is 5.38. The summed E-state index contributed by atoms with van der Waals surface area (Å²) in [5, 5.41) is 11.1. The average molecular weight is 520 g/mol. The maximum Gasteiger partial charge on any atom is 0.338 e. The van der Waals surface area contributed by atoms with Crippen LogP contribution in [0, 0.1) is 0 Å². The van der Waals surface area contributed by atoms with Crippen molar-refractivity contribution in [3.05, 3.63) is 106 Å². The second-order valence-electron chi connectivity index (χ2n) is 8.09. The molecule has 0 bridgehead atoms. The van der Waals surface area contributed by atoms with Gasteiger partial charge in [0.05, 0.1) is 23.3 Å². The fourth-order valence-corrected chi connectivity index (χ4v) is 4.14. The van der Waals surface area contributed by atoms with Crippen LogP contribution in [-0.4, -0.2) is 28.9 Å². The van der Waals surface area contributed by atoms with Gasteiger partial charge in [-0.1, -0.05) is 64.5 Å². The first-order valence-electron chi connectivity index (χ1n) is 10.7. The van der Waals surface area contributed by atoms with E-state index in [1.165, 1.54) is 11.0 Å². The van der Waals surface area contributed by atoms with E-state index in [-0.39, 0.29) is 23.0 Å². The molecule has 1 unspecified atom stereocenters. The van der Waals surface area contributed by atoms with Gasteiger partial charge in [-0.2, -0.15) is 0 Å². The van der Waals surface area contributed by atoms with Crippen molar-refractivity contribution in [3.8, 4) is 0 Å². The van der Waals surface area contributed by atoms with E-state index in [0.29, 0.717) is 16.8 Å². The highest BCUT2D eigenvalue weighted by atomic mass is 79.9. The van der Waals surface area contributed by atoms with Crippen molar-refractivity contribution in [2.24, 2.45) is 0 Å². The van der Waals surface area contributed by atoms with Gasteiger partial charge in [-0.3, -0.25) is 14.5 Å². The number of benzene rings is 3. The van der Waals surface area contributed by atoms with Crippen LogP contribution in [0.5, 0.6) is 0 Å². The summed E-state index contributed by atoms with van der Waals surface area (Å²) >= 11 is 3.36. The third-order valence-corrected chi connectivity index (χ3v) is 5.91. The van der Waals surface area contributed by atoms with Crippen molar-refractivity contribution in [2.75, 3.05) is 4.90 Å². The smallest absolute Gasteiger partial charge is 0.338 e. The first-order valence-corrected chi connectivity index (χ1v) is 11.5. The molecule has 4 rings (SSSR count). The number of carbonyl (C=O) groups excluding carboxylic acids is 3. The standard InChI is InChI=1S/C27H22BrNO5/c1-16(2)34-27(33)19-9-6-10-21(15-19)29-23(17-7-4-3-5-8-17)22(25(31)26(29)32)24(30)18-11-13-20(28)14-12-18/h3-16,23,30H,1-2H3/b24-22+. The van der Waals surface area contributed by atoms with Gasteiger partial charge in [-0.05, 0) is 49.7 Å². The van der Waals surface area contributed by atoms with Gasteiger partial charge in [-0.15, -0.1) is 0 Å². The lowest BCUT2D eigenvalue weighted by Gasteiger charge is -2.25. The number of aliphatic hydroxyl groups is 1. The fourth-order valence-electron chi connectivity index (χ4n) is 3.88. The van der Waals surface area contributed by atoms with Gasteiger partial charge >= 0.3 is 5.97 Å². The number of halogens is 1. The van der Waals surface area contributed by atoms with E-state index in [9.17, 15) is 19.5 Å². The molecule has 3 aromatic rings. The Kier molecular flexibility index (Phi) is 6.65. The normalized spacial score (nSPS) is 17.3. The molecule has 0 radical (unpaired) electrons. The molecule has 1 heterocycles.